The minimum absolute atomic E-state index is 0.0154. The number of nitrogens with zero attached hydrogens (tertiary/aromatic N) is 3. The normalized spacial score (nSPS) is 10.7. The smallest absolute Gasteiger partial charge is 0.407 e. The highest BCUT2D eigenvalue weighted by molar-refractivity contribution is 9.10. The predicted octanol–water partition coefficient (Wildman–Crippen LogP) is 4.19. The molecule has 0 saturated heterocycles. The number of aryl methyl sites for hydroxylation is 2. The first-order valence-corrected chi connectivity index (χ1v) is 11.9. The average molecular weight is 561 g/mol. The molecule has 0 spiro atoms. The Labute approximate surface area is 215 Å². The molecule has 0 saturated carbocycles. The van der Waals surface area contributed by atoms with E-state index in [9.17, 15) is 23.9 Å². The molecule has 2 N–H and O–H groups in total. The molecule has 2 aromatic carbocycles. The van der Waals surface area contributed by atoms with E-state index in [1.807, 2.05) is 6.92 Å². The van der Waals surface area contributed by atoms with Gasteiger partial charge in [-0.3, -0.25) is 14.2 Å². The van der Waals surface area contributed by atoms with E-state index >= 15 is 0 Å². The molecule has 2 amide bonds. The van der Waals surface area contributed by atoms with Gasteiger partial charge in [-0.25, -0.2) is 9.18 Å². The number of nitrogens with one attached hydrogen (secondary N) is 1. The standard InChI is InChI=1S/C25H26BrFN4O5/c1-5-30(25(34)35)12-18-10-19(27)9-8-17(18)13-36-23-21(26)24(33)31(15(3)29-23)20-11-16(22(32)28-4)7-6-14(20)2/h6-11H,5,12-13H2,1-4H3,(H,28,32)(H,34,35). The molecule has 0 fully saturated rings. The van der Waals surface area contributed by atoms with Crippen LogP contribution in [-0.4, -0.2) is 45.2 Å². The summed E-state index contributed by atoms with van der Waals surface area (Å²) in [6.07, 6.45) is -1.12. The van der Waals surface area contributed by atoms with Crippen molar-refractivity contribution in [1.29, 1.82) is 0 Å². The summed E-state index contributed by atoms with van der Waals surface area (Å²) in [5.74, 6) is -0.414. The third-order valence-corrected chi connectivity index (χ3v) is 6.33. The van der Waals surface area contributed by atoms with Gasteiger partial charge in [0.1, 0.15) is 22.7 Å². The largest absolute Gasteiger partial charge is 0.472 e. The minimum atomic E-state index is -1.12. The van der Waals surface area contributed by atoms with E-state index in [4.69, 9.17) is 4.74 Å². The number of carbonyl (C=O) groups excluding carboxylic acids is 1. The van der Waals surface area contributed by atoms with Gasteiger partial charge in [0, 0.05) is 25.7 Å². The summed E-state index contributed by atoms with van der Waals surface area (Å²) < 4.78 is 21.2. The van der Waals surface area contributed by atoms with Gasteiger partial charge >= 0.3 is 6.09 Å². The lowest BCUT2D eigenvalue weighted by atomic mass is 10.1. The number of benzene rings is 2. The lowest BCUT2D eigenvalue weighted by Gasteiger charge is -2.20. The Balaban J connectivity index is 1.95. The number of halogens is 2. The first-order valence-electron chi connectivity index (χ1n) is 11.1. The summed E-state index contributed by atoms with van der Waals surface area (Å²) >= 11 is 3.28. The second-order valence-electron chi connectivity index (χ2n) is 8.00. The Hall–Kier alpha value is -3.73. The highest BCUT2D eigenvalue weighted by Gasteiger charge is 2.19. The maximum atomic E-state index is 13.9. The van der Waals surface area contributed by atoms with E-state index in [1.54, 1.807) is 32.0 Å². The van der Waals surface area contributed by atoms with Crippen molar-refractivity contribution >= 4 is 27.9 Å². The molecule has 3 rings (SSSR count). The van der Waals surface area contributed by atoms with E-state index in [-0.39, 0.29) is 36.0 Å². The lowest BCUT2D eigenvalue weighted by Crippen LogP contribution is -2.29. The number of carboxylic acid groups (broad SMARTS) is 1. The van der Waals surface area contributed by atoms with Crippen molar-refractivity contribution in [1.82, 2.24) is 19.8 Å². The maximum Gasteiger partial charge on any atom is 0.407 e. The molecule has 0 bridgehead atoms. The summed E-state index contributed by atoms with van der Waals surface area (Å²) in [6, 6.07) is 9.06. The zero-order valence-corrected chi connectivity index (χ0v) is 21.8. The molecule has 0 atom stereocenters. The summed E-state index contributed by atoms with van der Waals surface area (Å²) in [6.45, 7) is 5.30. The molecule has 11 heteroatoms. The topological polar surface area (TPSA) is 114 Å². The molecule has 1 heterocycles. The Morgan fingerprint density at radius 1 is 1.19 bits per heavy atom. The number of aromatic nitrogens is 2. The Bertz CT molecular complexity index is 1380. The van der Waals surface area contributed by atoms with E-state index in [1.165, 1.54) is 29.8 Å². The van der Waals surface area contributed by atoms with Crippen molar-refractivity contribution in [2.24, 2.45) is 0 Å². The number of hydrogen-bond donors (Lipinski definition) is 2. The van der Waals surface area contributed by atoms with Crippen molar-refractivity contribution in [3.05, 3.63) is 85.1 Å². The van der Waals surface area contributed by atoms with Gasteiger partial charge in [0.25, 0.3) is 11.5 Å². The van der Waals surface area contributed by atoms with Crippen molar-refractivity contribution < 1.29 is 23.8 Å². The minimum Gasteiger partial charge on any atom is -0.472 e. The number of hydrogen-bond acceptors (Lipinski definition) is 5. The van der Waals surface area contributed by atoms with Crippen molar-refractivity contribution in [3.63, 3.8) is 0 Å². The molecule has 0 radical (unpaired) electrons. The molecule has 0 aliphatic carbocycles. The molecule has 190 valence electrons. The molecule has 36 heavy (non-hydrogen) atoms. The van der Waals surface area contributed by atoms with Crippen LogP contribution in [0.25, 0.3) is 5.69 Å². The monoisotopic (exact) mass is 560 g/mol. The van der Waals surface area contributed by atoms with Crippen molar-refractivity contribution in [2.75, 3.05) is 13.6 Å². The Morgan fingerprint density at radius 3 is 2.56 bits per heavy atom. The molecule has 3 aromatic rings. The van der Waals surface area contributed by atoms with Crippen LogP contribution in [0.1, 0.15) is 39.8 Å². The van der Waals surface area contributed by atoms with E-state index in [0.29, 0.717) is 28.2 Å². The molecule has 0 unspecified atom stereocenters. The van der Waals surface area contributed by atoms with Gasteiger partial charge in [-0.1, -0.05) is 12.1 Å². The fraction of sp³-hybridized carbons (Fsp3) is 0.280. The highest BCUT2D eigenvalue weighted by atomic mass is 79.9. The van der Waals surface area contributed by atoms with Gasteiger partial charge in [-0.15, -0.1) is 0 Å². The van der Waals surface area contributed by atoms with Crippen LogP contribution in [0.4, 0.5) is 9.18 Å². The zero-order valence-electron chi connectivity index (χ0n) is 20.3. The second-order valence-corrected chi connectivity index (χ2v) is 8.79. The highest BCUT2D eigenvalue weighted by Crippen LogP contribution is 2.24. The molecular formula is C25H26BrFN4O5. The van der Waals surface area contributed by atoms with Gasteiger partial charge < -0.3 is 20.1 Å². The third kappa shape index (κ3) is 5.73. The molecule has 9 nitrogen and oxygen atoms in total. The van der Waals surface area contributed by atoms with Crippen LogP contribution in [0.2, 0.25) is 0 Å². The summed E-state index contributed by atoms with van der Waals surface area (Å²) in [7, 11) is 1.53. The SMILES string of the molecule is CCN(Cc1cc(F)ccc1COc1nc(C)n(-c2cc(C(=O)NC)ccc2C)c(=O)c1Br)C(=O)O. The van der Waals surface area contributed by atoms with Crippen molar-refractivity contribution in [3.8, 4) is 11.6 Å². The van der Waals surface area contributed by atoms with Crippen LogP contribution in [0.15, 0.2) is 45.7 Å². The van der Waals surface area contributed by atoms with E-state index < -0.39 is 17.5 Å². The quantitative estimate of drug-likeness (QED) is 0.427. The van der Waals surface area contributed by atoms with Crippen LogP contribution in [0.3, 0.4) is 0 Å². The number of rotatable bonds is 8. The van der Waals surface area contributed by atoms with Crippen LogP contribution in [-0.2, 0) is 13.2 Å². The van der Waals surface area contributed by atoms with Crippen LogP contribution in [0, 0.1) is 19.7 Å². The first-order chi connectivity index (χ1) is 17.1. The van der Waals surface area contributed by atoms with E-state index in [2.05, 4.69) is 26.2 Å². The van der Waals surface area contributed by atoms with Gasteiger partial charge in [0.15, 0.2) is 0 Å². The number of amides is 2. The molecule has 1 aromatic heterocycles. The van der Waals surface area contributed by atoms with Gasteiger partial charge in [-0.05, 0) is 77.7 Å². The number of carbonyl (C=O) groups is 2. The zero-order chi connectivity index (χ0) is 26.6. The molecular weight excluding hydrogens is 535 g/mol. The molecule has 0 aliphatic heterocycles. The first kappa shape index (κ1) is 26.9. The fourth-order valence-electron chi connectivity index (χ4n) is 3.65. The van der Waals surface area contributed by atoms with Crippen molar-refractivity contribution in [2.45, 2.75) is 33.9 Å². The van der Waals surface area contributed by atoms with Gasteiger partial charge in [0.2, 0.25) is 5.88 Å². The van der Waals surface area contributed by atoms with Crippen LogP contribution >= 0.6 is 15.9 Å². The van der Waals surface area contributed by atoms with Gasteiger partial charge in [-0.2, -0.15) is 4.98 Å². The molecule has 0 aliphatic rings. The summed E-state index contributed by atoms with van der Waals surface area (Å²) in [5.41, 5.74) is 2.24. The number of ether oxygens (including phenoxy) is 1. The van der Waals surface area contributed by atoms with Crippen LogP contribution in [0.5, 0.6) is 5.88 Å². The summed E-state index contributed by atoms with van der Waals surface area (Å²) in [5, 5.41) is 11.9. The Morgan fingerprint density at radius 2 is 1.92 bits per heavy atom. The fourth-order valence-corrected chi connectivity index (χ4v) is 4.03. The Kier molecular flexibility index (Phi) is 8.46. The van der Waals surface area contributed by atoms with Gasteiger partial charge in [0.05, 0.1) is 5.69 Å². The lowest BCUT2D eigenvalue weighted by molar-refractivity contribution is 0.0963. The third-order valence-electron chi connectivity index (χ3n) is 5.65. The summed E-state index contributed by atoms with van der Waals surface area (Å²) in [4.78, 5) is 42.3. The predicted molar refractivity (Wildman–Crippen MR) is 135 cm³/mol. The van der Waals surface area contributed by atoms with Crippen LogP contribution < -0.4 is 15.6 Å². The average Bonchev–Trinajstić information content (AvgIpc) is 2.85. The maximum absolute atomic E-state index is 13.9. The second kappa shape index (κ2) is 11.3. The van der Waals surface area contributed by atoms with E-state index in [0.717, 1.165) is 10.5 Å².